The van der Waals surface area contributed by atoms with Crippen LogP contribution in [0.1, 0.15) is 47.0 Å². The van der Waals surface area contributed by atoms with E-state index in [2.05, 4.69) is 24.2 Å². The van der Waals surface area contributed by atoms with Crippen LogP contribution in [-0.4, -0.2) is 67.3 Å². The van der Waals surface area contributed by atoms with Gasteiger partial charge in [-0.15, -0.1) is 0 Å². The summed E-state index contributed by atoms with van der Waals surface area (Å²) < 4.78 is 5.46. The standard InChI is InChI=1S/C16H33N3O2/c1-6-18(5)13-10-17-14-8-7-11-19(12-9-14)15(20)21-16(2,3)4/h14,17H,6-13H2,1-5H3. The van der Waals surface area contributed by atoms with Crippen LogP contribution in [0.3, 0.4) is 0 Å². The van der Waals surface area contributed by atoms with Crippen molar-refractivity contribution in [2.75, 3.05) is 39.8 Å². The van der Waals surface area contributed by atoms with E-state index >= 15 is 0 Å². The molecular weight excluding hydrogens is 266 g/mol. The van der Waals surface area contributed by atoms with Gasteiger partial charge in [0, 0.05) is 32.2 Å². The van der Waals surface area contributed by atoms with Gasteiger partial charge in [0.1, 0.15) is 5.60 Å². The predicted octanol–water partition coefficient (Wildman–Crippen LogP) is 2.32. The molecule has 0 spiro atoms. The highest BCUT2D eigenvalue weighted by Crippen LogP contribution is 2.15. The predicted molar refractivity (Wildman–Crippen MR) is 86.6 cm³/mol. The molecule has 124 valence electrons. The average Bonchev–Trinajstić information content (AvgIpc) is 2.62. The van der Waals surface area contributed by atoms with E-state index in [9.17, 15) is 4.79 Å². The van der Waals surface area contributed by atoms with Crippen molar-refractivity contribution in [2.24, 2.45) is 0 Å². The molecule has 1 unspecified atom stereocenters. The molecule has 0 radical (unpaired) electrons. The SMILES string of the molecule is CCN(C)CCNC1CCCN(C(=O)OC(C)(C)C)CC1. The fourth-order valence-corrected chi connectivity index (χ4v) is 2.43. The van der Waals surface area contributed by atoms with Gasteiger partial charge in [-0.2, -0.15) is 0 Å². The Morgan fingerprint density at radius 2 is 2.05 bits per heavy atom. The van der Waals surface area contributed by atoms with E-state index in [4.69, 9.17) is 4.74 Å². The number of hydrogen-bond acceptors (Lipinski definition) is 4. The zero-order valence-electron chi connectivity index (χ0n) is 14.4. The number of carbonyl (C=O) groups excluding carboxylic acids is 1. The summed E-state index contributed by atoms with van der Waals surface area (Å²) >= 11 is 0. The molecule has 1 N–H and O–H groups in total. The van der Waals surface area contributed by atoms with E-state index in [0.717, 1.165) is 52.0 Å². The van der Waals surface area contributed by atoms with Gasteiger partial charge in [-0.1, -0.05) is 6.92 Å². The van der Waals surface area contributed by atoms with Crippen molar-refractivity contribution < 1.29 is 9.53 Å². The zero-order chi connectivity index (χ0) is 15.9. The quantitative estimate of drug-likeness (QED) is 0.846. The number of nitrogens with one attached hydrogen (secondary N) is 1. The molecule has 0 aromatic rings. The van der Waals surface area contributed by atoms with Crippen molar-refractivity contribution in [1.82, 2.24) is 15.1 Å². The molecule has 1 rings (SSSR count). The summed E-state index contributed by atoms with van der Waals surface area (Å²) in [7, 11) is 2.14. The zero-order valence-corrected chi connectivity index (χ0v) is 14.4. The maximum Gasteiger partial charge on any atom is 0.410 e. The monoisotopic (exact) mass is 299 g/mol. The maximum absolute atomic E-state index is 12.1. The van der Waals surface area contributed by atoms with Crippen LogP contribution in [0.2, 0.25) is 0 Å². The molecule has 1 aliphatic rings. The Kier molecular flexibility index (Phi) is 7.46. The van der Waals surface area contributed by atoms with Crippen LogP contribution in [0.25, 0.3) is 0 Å². The second-order valence-corrected chi connectivity index (χ2v) is 6.95. The van der Waals surface area contributed by atoms with Gasteiger partial charge >= 0.3 is 6.09 Å². The van der Waals surface area contributed by atoms with E-state index < -0.39 is 5.60 Å². The van der Waals surface area contributed by atoms with Crippen molar-refractivity contribution in [3.05, 3.63) is 0 Å². The van der Waals surface area contributed by atoms with E-state index in [1.165, 1.54) is 0 Å². The fraction of sp³-hybridized carbons (Fsp3) is 0.938. The lowest BCUT2D eigenvalue weighted by Crippen LogP contribution is -2.39. The van der Waals surface area contributed by atoms with Crippen LogP contribution in [0.15, 0.2) is 0 Å². The first kappa shape index (κ1) is 18.2. The van der Waals surface area contributed by atoms with E-state index in [-0.39, 0.29) is 6.09 Å². The summed E-state index contributed by atoms with van der Waals surface area (Å²) in [5, 5.41) is 3.61. The van der Waals surface area contributed by atoms with Crippen LogP contribution in [0.5, 0.6) is 0 Å². The minimum atomic E-state index is -0.411. The Morgan fingerprint density at radius 3 is 2.67 bits per heavy atom. The molecule has 1 heterocycles. The lowest BCUT2D eigenvalue weighted by molar-refractivity contribution is 0.0256. The van der Waals surface area contributed by atoms with Gasteiger partial charge in [0.05, 0.1) is 0 Å². The number of rotatable bonds is 5. The number of amides is 1. The van der Waals surface area contributed by atoms with Crippen LogP contribution in [0, 0.1) is 0 Å². The molecule has 1 amide bonds. The molecule has 21 heavy (non-hydrogen) atoms. The van der Waals surface area contributed by atoms with Gasteiger partial charge in [0.15, 0.2) is 0 Å². The number of likely N-dealkylation sites (tertiary alicyclic amines) is 1. The molecule has 0 aliphatic carbocycles. The van der Waals surface area contributed by atoms with Crippen LogP contribution in [-0.2, 0) is 4.74 Å². The highest BCUT2D eigenvalue weighted by molar-refractivity contribution is 5.68. The average molecular weight is 299 g/mol. The van der Waals surface area contributed by atoms with Gasteiger partial charge in [-0.3, -0.25) is 0 Å². The Morgan fingerprint density at radius 1 is 1.33 bits per heavy atom. The summed E-state index contributed by atoms with van der Waals surface area (Å²) in [5.41, 5.74) is -0.411. The van der Waals surface area contributed by atoms with Crippen molar-refractivity contribution >= 4 is 6.09 Å². The first-order valence-corrected chi connectivity index (χ1v) is 8.21. The minimum absolute atomic E-state index is 0.172. The summed E-state index contributed by atoms with van der Waals surface area (Å²) in [5.74, 6) is 0. The maximum atomic E-state index is 12.1. The van der Waals surface area contributed by atoms with E-state index in [0.29, 0.717) is 6.04 Å². The Bertz CT molecular complexity index is 315. The molecule has 1 saturated heterocycles. The molecule has 1 aliphatic heterocycles. The summed E-state index contributed by atoms with van der Waals surface area (Å²) in [6.45, 7) is 12.7. The summed E-state index contributed by atoms with van der Waals surface area (Å²) in [4.78, 5) is 16.2. The third kappa shape index (κ3) is 7.67. The second-order valence-electron chi connectivity index (χ2n) is 6.95. The third-order valence-electron chi connectivity index (χ3n) is 3.85. The number of ether oxygens (including phenoxy) is 1. The fourth-order valence-electron chi connectivity index (χ4n) is 2.43. The summed E-state index contributed by atoms with van der Waals surface area (Å²) in [6, 6.07) is 0.516. The van der Waals surface area contributed by atoms with Gasteiger partial charge in [-0.25, -0.2) is 4.79 Å². The highest BCUT2D eigenvalue weighted by Gasteiger charge is 2.24. The number of likely N-dealkylation sites (N-methyl/N-ethyl adjacent to an activating group) is 1. The molecule has 1 atom stereocenters. The van der Waals surface area contributed by atoms with Gasteiger partial charge in [-0.05, 0) is 53.6 Å². The van der Waals surface area contributed by atoms with E-state index in [1.807, 2.05) is 25.7 Å². The lowest BCUT2D eigenvalue weighted by atomic mass is 10.1. The van der Waals surface area contributed by atoms with Gasteiger partial charge in [0.25, 0.3) is 0 Å². The molecular formula is C16H33N3O2. The second kappa shape index (κ2) is 8.59. The van der Waals surface area contributed by atoms with Gasteiger partial charge < -0.3 is 19.9 Å². The first-order valence-electron chi connectivity index (χ1n) is 8.21. The molecule has 0 saturated carbocycles. The Balaban J connectivity index is 2.31. The number of carbonyl (C=O) groups is 1. The van der Waals surface area contributed by atoms with Crippen LogP contribution < -0.4 is 5.32 Å². The van der Waals surface area contributed by atoms with Crippen molar-refractivity contribution in [3.63, 3.8) is 0 Å². The normalized spacial score (nSPS) is 20.5. The minimum Gasteiger partial charge on any atom is -0.444 e. The number of hydrogen-bond donors (Lipinski definition) is 1. The third-order valence-corrected chi connectivity index (χ3v) is 3.85. The first-order chi connectivity index (χ1) is 9.81. The largest absolute Gasteiger partial charge is 0.444 e. The highest BCUT2D eigenvalue weighted by atomic mass is 16.6. The number of nitrogens with zero attached hydrogens (tertiary/aromatic N) is 2. The van der Waals surface area contributed by atoms with Crippen molar-refractivity contribution in [1.29, 1.82) is 0 Å². The molecule has 1 fully saturated rings. The smallest absolute Gasteiger partial charge is 0.410 e. The Hall–Kier alpha value is -0.810. The van der Waals surface area contributed by atoms with E-state index in [1.54, 1.807) is 0 Å². The Labute approximate surface area is 130 Å². The van der Waals surface area contributed by atoms with Crippen LogP contribution in [0.4, 0.5) is 4.79 Å². The molecule has 5 heteroatoms. The van der Waals surface area contributed by atoms with Crippen molar-refractivity contribution in [3.8, 4) is 0 Å². The lowest BCUT2D eigenvalue weighted by Gasteiger charge is -2.26. The molecule has 0 aromatic heterocycles. The molecule has 0 aromatic carbocycles. The molecule has 5 nitrogen and oxygen atoms in total. The van der Waals surface area contributed by atoms with Crippen molar-refractivity contribution in [2.45, 2.75) is 58.6 Å². The topological polar surface area (TPSA) is 44.8 Å². The van der Waals surface area contributed by atoms with Gasteiger partial charge in [0.2, 0.25) is 0 Å². The summed E-state index contributed by atoms with van der Waals surface area (Å²) in [6.07, 6.45) is 3.01. The molecule has 0 bridgehead atoms. The van der Waals surface area contributed by atoms with Crippen LogP contribution >= 0.6 is 0 Å².